The van der Waals surface area contributed by atoms with Crippen LogP contribution in [0.15, 0.2) is 33.7 Å². The summed E-state index contributed by atoms with van der Waals surface area (Å²) in [6.45, 7) is 3.24. The SMILES string of the molecule is CCOCCn1c(=NC(=O)c2ccc([N+](=O)[O-])o2)sc2cc(Cl)cc(Cl)c21. The number of halogens is 2. The Kier molecular flexibility index (Phi) is 5.95. The second kappa shape index (κ2) is 8.22. The normalized spacial score (nSPS) is 12.0. The number of hydrogen-bond donors (Lipinski definition) is 0. The minimum atomic E-state index is -0.734. The van der Waals surface area contributed by atoms with E-state index in [0.717, 1.165) is 10.8 Å². The zero-order chi connectivity index (χ0) is 19.6. The highest BCUT2D eigenvalue weighted by atomic mass is 35.5. The maximum absolute atomic E-state index is 12.4. The zero-order valence-corrected chi connectivity index (χ0v) is 16.3. The van der Waals surface area contributed by atoms with Crippen LogP contribution in [-0.2, 0) is 11.3 Å². The molecule has 0 saturated heterocycles. The van der Waals surface area contributed by atoms with Crippen LogP contribution in [-0.4, -0.2) is 28.6 Å². The minimum absolute atomic E-state index is 0.223. The summed E-state index contributed by atoms with van der Waals surface area (Å²) in [7, 11) is 0. The maximum atomic E-state index is 12.4. The summed E-state index contributed by atoms with van der Waals surface area (Å²) in [5.74, 6) is -1.48. The van der Waals surface area contributed by atoms with Crippen LogP contribution in [0.5, 0.6) is 0 Å². The predicted octanol–water partition coefficient (Wildman–Crippen LogP) is 4.29. The van der Waals surface area contributed by atoms with Crippen LogP contribution in [0.2, 0.25) is 10.0 Å². The molecule has 0 bridgehead atoms. The smallest absolute Gasteiger partial charge is 0.395 e. The van der Waals surface area contributed by atoms with E-state index in [9.17, 15) is 14.9 Å². The average molecular weight is 430 g/mol. The predicted molar refractivity (Wildman–Crippen MR) is 102 cm³/mol. The maximum Gasteiger partial charge on any atom is 0.433 e. The van der Waals surface area contributed by atoms with E-state index in [1.807, 2.05) is 6.92 Å². The second-order valence-electron chi connectivity index (χ2n) is 5.28. The molecule has 0 atom stereocenters. The number of fused-ring (bicyclic) bond motifs is 1. The molecule has 0 aliphatic heterocycles. The molecular formula is C16H13Cl2N3O5S. The van der Waals surface area contributed by atoms with Crippen LogP contribution in [0.25, 0.3) is 10.2 Å². The van der Waals surface area contributed by atoms with Gasteiger partial charge in [0.05, 0.1) is 27.9 Å². The molecule has 0 unspecified atom stereocenters. The van der Waals surface area contributed by atoms with Crippen molar-refractivity contribution >= 4 is 56.5 Å². The first-order valence-corrected chi connectivity index (χ1v) is 9.37. The van der Waals surface area contributed by atoms with Crippen molar-refractivity contribution in [3.8, 4) is 0 Å². The van der Waals surface area contributed by atoms with E-state index >= 15 is 0 Å². The molecule has 0 radical (unpaired) electrons. The van der Waals surface area contributed by atoms with E-state index < -0.39 is 16.7 Å². The Morgan fingerprint density at radius 3 is 2.85 bits per heavy atom. The molecule has 0 saturated carbocycles. The summed E-state index contributed by atoms with van der Waals surface area (Å²) in [5.41, 5.74) is 0.683. The monoisotopic (exact) mass is 429 g/mol. The first kappa shape index (κ1) is 19.6. The summed E-state index contributed by atoms with van der Waals surface area (Å²) < 4.78 is 12.8. The lowest BCUT2D eigenvalue weighted by Gasteiger charge is -2.06. The molecule has 2 aromatic heterocycles. The number of benzene rings is 1. The first-order chi connectivity index (χ1) is 12.9. The lowest BCUT2D eigenvalue weighted by atomic mass is 10.3. The number of furan rings is 1. The molecular weight excluding hydrogens is 417 g/mol. The Morgan fingerprint density at radius 1 is 1.41 bits per heavy atom. The highest BCUT2D eigenvalue weighted by Crippen LogP contribution is 2.29. The number of amides is 1. The van der Waals surface area contributed by atoms with Crippen molar-refractivity contribution in [2.75, 3.05) is 13.2 Å². The molecule has 0 spiro atoms. The number of carbonyl (C=O) groups is 1. The van der Waals surface area contributed by atoms with Crippen LogP contribution in [0.3, 0.4) is 0 Å². The molecule has 8 nitrogen and oxygen atoms in total. The molecule has 11 heteroatoms. The number of ether oxygens (including phenoxy) is 1. The van der Waals surface area contributed by atoms with Crippen molar-refractivity contribution in [3.05, 3.63) is 55.0 Å². The van der Waals surface area contributed by atoms with Gasteiger partial charge in [0.15, 0.2) is 4.80 Å². The third-order valence-electron chi connectivity index (χ3n) is 3.54. The van der Waals surface area contributed by atoms with Gasteiger partial charge < -0.3 is 13.7 Å². The van der Waals surface area contributed by atoms with Crippen LogP contribution < -0.4 is 4.80 Å². The average Bonchev–Trinajstić information content (AvgIpc) is 3.21. The Labute approximate surface area is 166 Å². The van der Waals surface area contributed by atoms with Gasteiger partial charge >= 0.3 is 11.8 Å². The highest BCUT2D eigenvalue weighted by molar-refractivity contribution is 7.16. The Hall–Kier alpha value is -2.20. The van der Waals surface area contributed by atoms with Gasteiger partial charge in [-0.3, -0.25) is 14.9 Å². The van der Waals surface area contributed by atoms with Crippen molar-refractivity contribution < 1.29 is 18.9 Å². The van der Waals surface area contributed by atoms with Crippen molar-refractivity contribution in [2.45, 2.75) is 13.5 Å². The number of thiazole rings is 1. The fourth-order valence-electron chi connectivity index (χ4n) is 2.40. The molecule has 0 N–H and O–H groups in total. The van der Waals surface area contributed by atoms with Gasteiger partial charge in [-0.1, -0.05) is 34.5 Å². The largest absolute Gasteiger partial charge is 0.433 e. The number of hydrogen-bond acceptors (Lipinski definition) is 6. The summed E-state index contributed by atoms with van der Waals surface area (Å²) in [6.07, 6.45) is 0. The Balaban J connectivity index is 2.09. The molecule has 3 rings (SSSR count). The summed E-state index contributed by atoms with van der Waals surface area (Å²) >= 11 is 13.6. The minimum Gasteiger partial charge on any atom is -0.395 e. The summed E-state index contributed by atoms with van der Waals surface area (Å²) in [5, 5.41) is 11.6. The third-order valence-corrected chi connectivity index (χ3v) is 5.07. The number of rotatable bonds is 6. The van der Waals surface area contributed by atoms with Gasteiger partial charge in [-0.15, -0.1) is 0 Å². The highest BCUT2D eigenvalue weighted by Gasteiger charge is 2.18. The van der Waals surface area contributed by atoms with Crippen molar-refractivity contribution in [2.24, 2.45) is 4.99 Å². The van der Waals surface area contributed by atoms with Crippen molar-refractivity contribution in [3.63, 3.8) is 0 Å². The van der Waals surface area contributed by atoms with Gasteiger partial charge in [-0.05, 0) is 25.1 Å². The third kappa shape index (κ3) is 4.22. The van der Waals surface area contributed by atoms with E-state index in [0.29, 0.717) is 40.1 Å². The van der Waals surface area contributed by atoms with Crippen LogP contribution in [0, 0.1) is 10.1 Å². The van der Waals surface area contributed by atoms with E-state index in [4.69, 9.17) is 32.4 Å². The zero-order valence-electron chi connectivity index (χ0n) is 14.0. The molecule has 0 fully saturated rings. The standard InChI is InChI=1S/C16H13Cl2N3O5S/c1-2-25-6-5-20-14-10(18)7-9(17)8-12(14)27-16(20)19-15(22)11-3-4-13(26-11)21(23)24/h3-4,7-8H,2,5-6H2,1H3. The lowest BCUT2D eigenvalue weighted by Crippen LogP contribution is -2.19. The van der Waals surface area contributed by atoms with Crippen LogP contribution in [0.1, 0.15) is 17.5 Å². The molecule has 0 aliphatic rings. The molecule has 2 heterocycles. The lowest BCUT2D eigenvalue weighted by molar-refractivity contribution is -0.402. The summed E-state index contributed by atoms with van der Waals surface area (Å²) in [4.78, 5) is 26.8. The van der Waals surface area contributed by atoms with Gasteiger partial charge in [0.2, 0.25) is 5.76 Å². The first-order valence-electron chi connectivity index (χ1n) is 7.80. The fourth-order valence-corrected chi connectivity index (χ4v) is 4.24. The van der Waals surface area contributed by atoms with E-state index in [1.54, 1.807) is 16.7 Å². The topological polar surface area (TPSA) is 99.9 Å². The molecule has 1 aromatic carbocycles. The van der Waals surface area contributed by atoms with Crippen LogP contribution in [0.4, 0.5) is 5.88 Å². The second-order valence-corrected chi connectivity index (χ2v) is 7.13. The van der Waals surface area contributed by atoms with E-state index in [2.05, 4.69) is 4.99 Å². The quantitative estimate of drug-likeness (QED) is 0.330. The van der Waals surface area contributed by atoms with Gasteiger partial charge in [-0.2, -0.15) is 4.99 Å². The van der Waals surface area contributed by atoms with Crippen LogP contribution >= 0.6 is 34.5 Å². The van der Waals surface area contributed by atoms with Crippen molar-refractivity contribution in [1.82, 2.24) is 4.57 Å². The van der Waals surface area contributed by atoms with Crippen molar-refractivity contribution in [1.29, 1.82) is 0 Å². The number of nitro groups is 1. The Bertz CT molecular complexity index is 1090. The van der Waals surface area contributed by atoms with Gasteiger partial charge in [0, 0.05) is 18.2 Å². The molecule has 3 aromatic rings. The molecule has 142 valence electrons. The van der Waals surface area contributed by atoms with Gasteiger partial charge in [0.1, 0.15) is 4.92 Å². The fraction of sp³-hybridized carbons (Fsp3) is 0.250. The summed E-state index contributed by atoms with van der Waals surface area (Å²) in [6, 6.07) is 5.65. The number of aromatic nitrogens is 1. The molecule has 27 heavy (non-hydrogen) atoms. The Morgan fingerprint density at radius 2 is 2.19 bits per heavy atom. The number of carbonyl (C=O) groups excluding carboxylic acids is 1. The van der Waals surface area contributed by atoms with E-state index in [1.165, 1.54) is 17.4 Å². The molecule has 1 amide bonds. The van der Waals surface area contributed by atoms with Gasteiger partial charge in [0.25, 0.3) is 0 Å². The number of nitrogens with zero attached hydrogens (tertiary/aromatic N) is 3. The molecule has 0 aliphatic carbocycles. The van der Waals surface area contributed by atoms with Gasteiger partial charge in [-0.25, -0.2) is 0 Å². The van der Waals surface area contributed by atoms with E-state index in [-0.39, 0.29) is 5.76 Å².